The molecule has 2 amide bonds. The number of unbranched alkanes of at least 4 members (excludes halogenated alkanes) is 1. The van der Waals surface area contributed by atoms with E-state index in [9.17, 15) is 9.59 Å². The Hall–Kier alpha value is -1.93. The zero-order valence-electron chi connectivity index (χ0n) is 10.9. The normalized spacial score (nSPS) is 10.7. The molecular formula is C11H19N5O3. The molecule has 0 radical (unpaired) electrons. The van der Waals surface area contributed by atoms with Gasteiger partial charge in [-0.1, -0.05) is 18.5 Å². The molecule has 0 bridgehead atoms. The van der Waals surface area contributed by atoms with E-state index in [4.69, 9.17) is 16.1 Å². The molecule has 0 fully saturated rings. The molecule has 19 heavy (non-hydrogen) atoms. The maximum absolute atomic E-state index is 11.2. The number of aromatic nitrogens is 1. The lowest BCUT2D eigenvalue weighted by atomic mass is 10.3. The molecule has 8 nitrogen and oxygen atoms in total. The maximum atomic E-state index is 11.2. The Kier molecular flexibility index (Phi) is 5.97. The summed E-state index contributed by atoms with van der Waals surface area (Å²) >= 11 is 0. The third-order valence-corrected chi connectivity index (χ3v) is 2.51. The number of carbonyl (C=O) groups excluding carboxylic acids is 2. The maximum Gasteiger partial charge on any atom is 0.287 e. The topological polar surface area (TPSA) is 127 Å². The van der Waals surface area contributed by atoms with Gasteiger partial charge in [0.1, 0.15) is 0 Å². The van der Waals surface area contributed by atoms with Crippen LogP contribution < -0.4 is 17.0 Å². The largest absolute Gasteiger partial charge is 0.369 e. The number of nitrogens with two attached hydrogens (primary N) is 2. The van der Waals surface area contributed by atoms with Gasteiger partial charge in [-0.3, -0.25) is 19.9 Å². The second kappa shape index (κ2) is 7.49. The van der Waals surface area contributed by atoms with Gasteiger partial charge in [-0.15, -0.1) is 0 Å². The summed E-state index contributed by atoms with van der Waals surface area (Å²) in [6.07, 6.45) is 1.95. The van der Waals surface area contributed by atoms with Gasteiger partial charge >= 0.3 is 0 Å². The Morgan fingerprint density at radius 3 is 2.84 bits per heavy atom. The highest BCUT2D eigenvalue weighted by molar-refractivity contribution is 5.91. The summed E-state index contributed by atoms with van der Waals surface area (Å²) in [5.74, 6) is 4.55. The fourth-order valence-electron chi connectivity index (χ4n) is 1.60. The highest BCUT2D eigenvalue weighted by Gasteiger charge is 2.15. The summed E-state index contributed by atoms with van der Waals surface area (Å²) in [6, 6.07) is 1.49. The number of primary amides is 1. The van der Waals surface area contributed by atoms with Crippen LogP contribution in [0.3, 0.4) is 0 Å². The molecule has 0 aliphatic carbocycles. The van der Waals surface area contributed by atoms with E-state index in [1.165, 1.54) is 6.07 Å². The van der Waals surface area contributed by atoms with E-state index in [-0.39, 0.29) is 12.2 Å². The Balaban J connectivity index is 2.64. The van der Waals surface area contributed by atoms with Gasteiger partial charge in [-0.25, -0.2) is 5.84 Å². The van der Waals surface area contributed by atoms with E-state index < -0.39 is 11.8 Å². The Morgan fingerprint density at radius 1 is 1.53 bits per heavy atom. The standard InChI is InChI=1S/C11H19N5O3/c1-2-3-4-16(7-10(12)17)6-8-5-9(15-19-8)11(18)14-13/h5H,2-4,6-7,13H2,1H3,(H2,12,17)(H,14,18). The first kappa shape index (κ1) is 15.1. The quantitative estimate of drug-likeness (QED) is 0.327. The van der Waals surface area contributed by atoms with Crippen LogP contribution in [0, 0.1) is 0 Å². The molecule has 0 spiro atoms. The van der Waals surface area contributed by atoms with Crippen molar-refractivity contribution in [2.45, 2.75) is 26.3 Å². The summed E-state index contributed by atoms with van der Waals surface area (Å²) in [4.78, 5) is 24.0. The number of hydrazine groups is 1. The molecule has 0 aliphatic heterocycles. The van der Waals surface area contributed by atoms with Gasteiger partial charge < -0.3 is 10.3 Å². The SMILES string of the molecule is CCCCN(CC(N)=O)Cc1cc(C(=O)NN)no1. The molecular weight excluding hydrogens is 250 g/mol. The molecule has 1 rings (SSSR count). The van der Waals surface area contributed by atoms with Crippen LogP contribution >= 0.6 is 0 Å². The van der Waals surface area contributed by atoms with Crippen molar-refractivity contribution in [3.63, 3.8) is 0 Å². The average Bonchev–Trinajstić information content (AvgIpc) is 2.82. The van der Waals surface area contributed by atoms with Crippen molar-refractivity contribution >= 4 is 11.8 Å². The van der Waals surface area contributed by atoms with Crippen LogP contribution in [-0.2, 0) is 11.3 Å². The van der Waals surface area contributed by atoms with E-state index in [1.807, 2.05) is 10.3 Å². The van der Waals surface area contributed by atoms with Gasteiger partial charge in [0.25, 0.3) is 5.91 Å². The number of nitrogen functional groups attached to an aromatic ring is 1. The number of amides is 2. The lowest BCUT2D eigenvalue weighted by molar-refractivity contribution is -0.119. The number of hydrogen-bond donors (Lipinski definition) is 3. The monoisotopic (exact) mass is 269 g/mol. The fraction of sp³-hybridized carbons (Fsp3) is 0.545. The molecule has 106 valence electrons. The first-order chi connectivity index (χ1) is 9.06. The second-order valence-electron chi connectivity index (χ2n) is 4.18. The van der Waals surface area contributed by atoms with E-state index in [0.29, 0.717) is 12.3 Å². The van der Waals surface area contributed by atoms with Crippen LogP contribution in [0.15, 0.2) is 10.6 Å². The second-order valence-corrected chi connectivity index (χ2v) is 4.18. The summed E-state index contributed by atoms with van der Waals surface area (Å²) in [7, 11) is 0. The van der Waals surface area contributed by atoms with Crippen molar-refractivity contribution in [2.75, 3.05) is 13.1 Å². The number of rotatable bonds is 8. The third kappa shape index (κ3) is 5.06. The van der Waals surface area contributed by atoms with Crippen molar-refractivity contribution in [2.24, 2.45) is 11.6 Å². The van der Waals surface area contributed by atoms with Crippen LogP contribution in [0.4, 0.5) is 0 Å². The van der Waals surface area contributed by atoms with Crippen LogP contribution in [0.1, 0.15) is 36.0 Å². The minimum absolute atomic E-state index is 0.104. The summed E-state index contributed by atoms with van der Waals surface area (Å²) < 4.78 is 5.02. The predicted molar refractivity (Wildman–Crippen MR) is 67.5 cm³/mol. The molecule has 1 heterocycles. The molecule has 0 unspecified atom stereocenters. The molecule has 0 aliphatic rings. The predicted octanol–water partition coefficient (Wildman–Crippen LogP) is -0.634. The van der Waals surface area contributed by atoms with Gasteiger partial charge in [0.15, 0.2) is 11.5 Å². The number of nitrogens with zero attached hydrogens (tertiary/aromatic N) is 2. The third-order valence-electron chi connectivity index (χ3n) is 2.51. The molecule has 1 aromatic heterocycles. The molecule has 0 atom stereocenters. The molecule has 8 heteroatoms. The van der Waals surface area contributed by atoms with Crippen LogP contribution in [0.25, 0.3) is 0 Å². The zero-order valence-corrected chi connectivity index (χ0v) is 10.9. The van der Waals surface area contributed by atoms with Gasteiger partial charge in [-0.2, -0.15) is 0 Å². The van der Waals surface area contributed by atoms with Crippen LogP contribution in [-0.4, -0.2) is 35.0 Å². The number of nitrogens with one attached hydrogen (secondary N) is 1. The summed E-state index contributed by atoms with van der Waals surface area (Å²) in [5, 5.41) is 3.59. The average molecular weight is 269 g/mol. The van der Waals surface area contributed by atoms with Crippen LogP contribution in [0.2, 0.25) is 0 Å². The molecule has 1 aromatic rings. The zero-order chi connectivity index (χ0) is 14.3. The highest BCUT2D eigenvalue weighted by Crippen LogP contribution is 2.08. The van der Waals surface area contributed by atoms with Crippen molar-refractivity contribution in [1.82, 2.24) is 15.5 Å². The first-order valence-corrected chi connectivity index (χ1v) is 6.04. The number of carbonyl (C=O) groups is 2. The Morgan fingerprint density at radius 2 is 2.26 bits per heavy atom. The highest BCUT2D eigenvalue weighted by atomic mass is 16.5. The van der Waals surface area contributed by atoms with E-state index in [0.717, 1.165) is 19.4 Å². The van der Waals surface area contributed by atoms with Gasteiger partial charge in [0, 0.05) is 6.07 Å². The number of hydrogen-bond acceptors (Lipinski definition) is 6. The first-order valence-electron chi connectivity index (χ1n) is 6.04. The molecule has 0 saturated carbocycles. The van der Waals surface area contributed by atoms with Crippen molar-refractivity contribution in [3.8, 4) is 0 Å². The van der Waals surface area contributed by atoms with Gasteiger partial charge in [0.05, 0.1) is 13.1 Å². The van der Waals surface area contributed by atoms with Gasteiger partial charge in [0.2, 0.25) is 5.91 Å². The smallest absolute Gasteiger partial charge is 0.287 e. The van der Waals surface area contributed by atoms with Crippen molar-refractivity contribution in [1.29, 1.82) is 0 Å². The van der Waals surface area contributed by atoms with Gasteiger partial charge in [-0.05, 0) is 13.0 Å². The van der Waals surface area contributed by atoms with E-state index >= 15 is 0 Å². The fourth-order valence-corrected chi connectivity index (χ4v) is 1.60. The Labute approximate surface area is 111 Å². The lowest BCUT2D eigenvalue weighted by Crippen LogP contribution is -2.34. The molecule has 5 N–H and O–H groups in total. The summed E-state index contributed by atoms with van der Waals surface area (Å²) in [6.45, 7) is 3.28. The van der Waals surface area contributed by atoms with E-state index in [1.54, 1.807) is 0 Å². The molecule has 0 saturated heterocycles. The van der Waals surface area contributed by atoms with Crippen LogP contribution in [0.5, 0.6) is 0 Å². The van der Waals surface area contributed by atoms with Crippen molar-refractivity contribution < 1.29 is 14.1 Å². The Bertz CT molecular complexity index is 432. The summed E-state index contributed by atoms with van der Waals surface area (Å²) in [5.41, 5.74) is 7.26. The van der Waals surface area contributed by atoms with Crippen molar-refractivity contribution in [3.05, 3.63) is 17.5 Å². The lowest BCUT2D eigenvalue weighted by Gasteiger charge is -2.18. The minimum atomic E-state index is -0.523. The molecule has 0 aromatic carbocycles. The van der Waals surface area contributed by atoms with E-state index in [2.05, 4.69) is 12.1 Å². The minimum Gasteiger partial charge on any atom is -0.369 e.